The third kappa shape index (κ3) is 7.01. The molecule has 1 N–H and O–H groups in total. The molecule has 0 spiro atoms. The van der Waals surface area contributed by atoms with Gasteiger partial charge in [-0.2, -0.15) is 0 Å². The second-order valence-corrected chi connectivity index (χ2v) is 10.6. The van der Waals surface area contributed by atoms with Gasteiger partial charge in [0.1, 0.15) is 0 Å². The third-order valence-corrected chi connectivity index (χ3v) is 8.34. The molecule has 170 valence electrons. The minimum absolute atomic E-state index is 0. The number of carbonyl (C=O) groups is 1. The number of anilines is 3. The summed E-state index contributed by atoms with van der Waals surface area (Å²) in [5, 5.41) is 2.84. The highest BCUT2D eigenvalue weighted by Crippen LogP contribution is 2.31. The molecule has 1 unspecified atom stereocenters. The molecule has 0 aliphatic carbocycles. The van der Waals surface area contributed by atoms with Gasteiger partial charge >= 0.3 is 8.80 Å². The summed E-state index contributed by atoms with van der Waals surface area (Å²) >= 11 is 0. The highest BCUT2D eigenvalue weighted by atomic mass is 79.9. The van der Waals surface area contributed by atoms with E-state index in [1.54, 1.807) is 28.3 Å². The van der Waals surface area contributed by atoms with Gasteiger partial charge in [0, 0.05) is 56.1 Å². The summed E-state index contributed by atoms with van der Waals surface area (Å²) in [6.45, 7) is 8.21. The number of rotatable bonds is 11. The van der Waals surface area contributed by atoms with Gasteiger partial charge < -0.3 is 23.5 Å². The minimum atomic E-state index is -2.71. The van der Waals surface area contributed by atoms with Crippen molar-refractivity contribution in [2.24, 2.45) is 0 Å². The summed E-state index contributed by atoms with van der Waals surface area (Å²) in [5.74, 6) is -0.184. The predicted molar refractivity (Wildman–Crippen MR) is 134 cm³/mol. The maximum atomic E-state index is 11.9. The van der Waals surface area contributed by atoms with Crippen LogP contribution in [0.1, 0.15) is 20.3 Å². The van der Waals surface area contributed by atoms with Crippen molar-refractivity contribution in [1.29, 1.82) is 0 Å². The van der Waals surface area contributed by atoms with Gasteiger partial charge in [-0.25, -0.2) is 0 Å². The van der Waals surface area contributed by atoms with Gasteiger partial charge in [-0.15, -0.1) is 17.0 Å². The zero-order valence-corrected chi connectivity index (χ0v) is 21.6. The molecule has 2 aromatic carbocycles. The number of nitrogens with zero attached hydrogens (tertiary/aromatic N) is 1. The molecular weight excluding hydrogens is 476 g/mol. The van der Waals surface area contributed by atoms with Crippen molar-refractivity contribution in [3.05, 3.63) is 66.7 Å². The van der Waals surface area contributed by atoms with Crippen LogP contribution in [-0.4, -0.2) is 42.6 Å². The van der Waals surface area contributed by atoms with Gasteiger partial charge in [0.05, 0.1) is 0 Å². The van der Waals surface area contributed by atoms with E-state index in [-0.39, 0.29) is 28.4 Å². The molecule has 1 atom stereocenters. The Bertz CT molecular complexity index is 821. The average Bonchev–Trinajstić information content (AvgIpc) is 2.77. The molecule has 6 nitrogen and oxygen atoms in total. The van der Waals surface area contributed by atoms with Crippen LogP contribution in [0, 0.1) is 0 Å². The molecule has 2 rings (SSSR count). The van der Waals surface area contributed by atoms with E-state index in [0.29, 0.717) is 5.57 Å². The van der Waals surface area contributed by atoms with Crippen molar-refractivity contribution >= 4 is 48.8 Å². The van der Waals surface area contributed by atoms with Gasteiger partial charge in [-0.3, -0.25) is 4.79 Å². The number of hydrogen-bond acceptors (Lipinski definition) is 5. The van der Waals surface area contributed by atoms with Crippen LogP contribution in [0.3, 0.4) is 0 Å². The summed E-state index contributed by atoms with van der Waals surface area (Å²) in [5.41, 5.74) is 3.45. The lowest BCUT2D eigenvalue weighted by atomic mass is 10.2. The number of carbonyl (C=O) groups excluding carboxylic acids is 1. The fraction of sp³-hybridized carbons (Fsp3) is 0.348. The smallest absolute Gasteiger partial charge is 0.377 e. The quantitative estimate of drug-likeness (QED) is 0.317. The van der Waals surface area contributed by atoms with E-state index in [4.69, 9.17) is 13.3 Å². The normalized spacial score (nSPS) is 11.9. The maximum absolute atomic E-state index is 11.9. The van der Waals surface area contributed by atoms with E-state index < -0.39 is 8.80 Å². The number of amides is 1. The van der Waals surface area contributed by atoms with Crippen molar-refractivity contribution in [1.82, 2.24) is 0 Å². The largest absolute Gasteiger partial charge is 0.503 e. The molecule has 2 aromatic rings. The van der Waals surface area contributed by atoms with Crippen LogP contribution >= 0.6 is 17.0 Å². The van der Waals surface area contributed by atoms with Crippen LogP contribution in [0.4, 0.5) is 17.1 Å². The molecule has 0 saturated carbocycles. The van der Waals surface area contributed by atoms with Gasteiger partial charge in [0.2, 0.25) is 0 Å². The molecule has 0 radical (unpaired) electrons. The molecule has 0 saturated heterocycles. The lowest BCUT2D eigenvalue weighted by Crippen LogP contribution is -2.47. The lowest BCUT2D eigenvalue weighted by Gasteiger charge is -2.32. The Kier molecular flexibility index (Phi) is 11.2. The van der Waals surface area contributed by atoms with Crippen LogP contribution in [0.15, 0.2) is 66.7 Å². The van der Waals surface area contributed by atoms with E-state index in [9.17, 15) is 4.79 Å². The van der Waals surface area contributed by atoms with Crippen LogP contribution in [0.2, 0.25) is 5.54 Å². The number of para-hydroxylation sites is 1. The molecule has 31 heavy (non-hydrogen) atoms. The Morgan fingerprint density at radius 3 is 2.00 bits per heavy atom. The maximum Gasteiger partial charge on any atom is 0.503 e. The molecular formula is C23H33BrN2O4Si. The SMILES string of the molecule is Br.C=C(C)C(=O)Nc1ccc(N(CCC(C)[Si](OC)(OC)OC)c2ccccc2)cc1. The van der Waals surface area contributed by atoms with Crippen LogP contribution in [0.5, 0.6) is 0 Å². The molecule has 0 bridgehead atoms. The minimum Gasteiger partial charge on any atom is -0.377 e. The molecule has 0 fully saturated rings. The highest BCUT2D eigenvalue weighted by Gasteiger charge is 2.44. The molecule has 1 amide bonds. The van der Waals surface area contributed by atoms with E-state index in [1.165, 1.54) is 0 Å². The first-order chi connectivity index (χ1) is 14.4. The van der Waals surface area contributed by atoms with Crippen molar-refractivity contribution in [2.45, 2.75) is 25.8 Å². The molecule has 0 aliphatic heterocycles. The summed E-state index contributed by atoms with van der Waals surface area (Å²) < 4.78 is 16.9. The standard InChI is InChI=1S/C23H32N2O4Si.BrH/c1-18(2)23(26)24-20-12-14-22(15-13-20)25(21-10-8-7-9-11-21)17-16-19(3)30(27-4,28-5)29-6;/h7-15,19H,1,16-17H2,2-6H3,(H,24,26);1H. The summed E-state index contributed by atoms with van der Waals surface area (Å²) in [4.78, 5) is 14.1. The first kappa shape index (κ1) is 27.1. The monoisotopic (exact) mass is 508 g/mol. The lowest BCUT2D eigenvalue weighted by molar-refractivity contribution is -0.112. The second kappa shape index (κ2) is 12.8. The topological polar surface area (TPSA) is 60.0 Å². The van der Waals surface area contributed by atoms with Gasteiger partial charge in [0.15, 0.2) is 0 Å². The van der Waals surface area contributed by atoms with E-state index in [0.717, 1.165) is 30.0 Å². The number of benzene rings is 2. The van der Waals surface area contributed by atoms with Crippen molar-refractivity contribution in [2.75, 3.05) is 38.1 Å². The molecule has 0 aromatic heterocycles. The van der Waals surface area contributed by atoms with Crippen molar-refractivity contribution < 1.29 is 18.1 Å². The van der Waals surface area contributed by atoms with Crippen molar-refractivity contribution in [3.63, 3.8) is 0 Å². The Balaban J connectivity index is 0.00000480. The van der Waals surface area contributed by atoms with Crippen LogP contribution < -0.4 is 10.2 Å². The summed E-state index contributed by atoms with van der Waals surface area (Å²) in [6, 6.07) is 18.0. The molecule has 0 heterocycles. The fourth-order valence-electron chi connectivity index (χ4n) is 3.33. The zero-order valence-electron chi connectivity index (χ0n) is 18.9. The Morgan fingerprint density at radius 1 is 1.00 bits per heavy atom. The number of hydrogen-bond donors (Lipinski definition) is 1. The third-order valence-electron chi connectivity index (χ3n) is 5.14. The number of nitrogens with one attached hydrogen (secondary N) is 1. The first-order valence-corrected chi connectivity index (χ1v) is 11.7. The summed E-state index contributed by atoms with van der Waals surface area (Å²) in [7, 11) is 2.21. The predicted octanol–water partition coefficient (Wildman–Crippen LogP) is 5.58. The highest BCUT2D eigenvalue weighted by molar-refractivity contribution is 8.93. The fourth-order valence-corrected chi connectivity index (χ4v) is 5.52. The molecule has 0 aliphatic rings. The van der Waals surface area contributed by atoms with E-state index in [1.807, 2.05) is 42.5 Å². The average molecular weight is 510 g/mol. The van der Waals surface area contributed by atoms with Gasteiger partial charge in [0.25, 0.3) is 5.91 Å². The second-order valence-electron chi connectivity index (χ2n) is 7.17. The Hall–Kier alpha value is -1.97. The van der Waals surface area contributed by atoms with Gasteiger partial charge in [-0.05, 0) is 49.7 Å². The molecule has 8 heteroatoms. The van der Waals surface area contributed by atoms with Gasteiger partial charge in [-0.1, -0.05) is 31.7 Å². The van der Waals surface area contributed by atoms with E-state index in [2.05, 4.69) is 35.9 Å². The summed E-state index contributed by atoms with van der Waals surface area (Å²) in [6.07, 6.45) is 0.824. The first-order valence-electron chi connectivity index (χ1n) is 9.91. The van der Waals surface area contributed by atoms with E-state index >= 15 is 0 Å². The Labute approximate surface area is 197 Å². The Morgan fingerprint density at radius 2 is 1.52 bits per heavy atom. The number of halogens is 1. The van der Waals surface area contributed by atoms with Crippen molar-refractivity contribution in [3.8, 4) is 0 Å². The zero-order chi connectivity index (χ0) is 22.1. The van der Waals surface area contributed by atoms with Crippen LogP contribution in [0.25, 0.3) is 0 Å². The van der Waals surface area contributed by atoms with Crippen LogP contribution in [-0.2, 0) is 18.1 Å².